The number of amides is 3. The number of ether oxygens (including phenoxy) is 2. The first-order chi connectivity index (χ1) is 11.9. The molecule has 3 amide bonds. The van der Waals surface area contributed by atoms with Gasteiger partial charge in [0.25, 0.3) is 5.91 Å². The van der Waals surface area contributed by atoms with E-state index >= 15 is 0 Å². The summed E-state index contributed by atoms with van der Waals surface area (Å²) in [6, 6.07) is 3.92. The zero-order valence-corrected chi connectivity index (χ0v) is 14.1. The number of nitrogens with two attached hydrogens (primary N) is 1. The van der Waals surface area contributed by atoms with Crippen molar-refractivity contribution in [2.24, 2.45) is 5.84 Å². The summed E-state index contributed by atoms with van der Waals surface area (Å²) < 4.78 is 10.6. The molecule has 0 fully saturated rings. The van der Waals surface area contributed by atoms with Crippen molar-refractivity contribution in [3.8, 4) is 11.5 Å². The zero-order valence-electron chi connectivity index (χ0n) is 14.1. The van der Waals surface area contributed by atoms with Crippen molar-refractivity contribution < 1.29 is 23.9 Å². The number of hydrogen-bond donors (Lipinski definition) is 4. The third kappa shape index (κ3) is 4.07. The summed E-state index contributed by atoms with van der Waals surface area (Å²) >= 11 is 0. The van der Waals surface area contributed by atoms with Crippen LogP contribution in [0.15, 0.2) is 29.5 Å². The van der Waals surface area contributed by atoms with Crippen molar-refractivity contribution >= 4 is 17.7 Å². The van der Waals surface area contributed by atoms with Gasteiger partial charge in [0.05, 0.1) is 13.2 Å². The third-order valence-electron chi connectivity index (χ3n) is 3.69. The van der Waals surface area contributed by atoms with Crippen molar-refractivity contribution in [1.29, 1.82) is 0 Å². The predicted molar refractivity (Wildman–Crippen MR) is 88.6 cm³/mol. The maximum absolute atomic E-state index is 12.0. The monoisotopic (exact) mass is 348 g/mol. The number of hydrogen-bond acceptors (Lipinski definition) is 6. The van der Waals surface area contributed by atoms with Gasteiger partial charge in [-0.25, -0.2) is 10.6 Å². The Morgan fingerprint density at radius 1 is 1.32 bits per heavy atom. The van der Waals surface area contributed by atoms with Gasteiger partial charge < -0.3 is 20.1 Å². The number of urea groups is 1. The number of carbonyl (C=O) groups is 3. The Balaban J connectivity index is 2.35. The summed E-state index contributed by atoms with van der Waals surface area (Å²) in [7, 11) is 1.45. The van der Waals surface area contributed by atoms with Crippen LogP contribution in [-0.2, 0) is 9.59 Å². The Kier molecular flexibility index (Phi) is 5.60. The minimum atomic E-state index is -0.610. The number of carbonyl (C=O) groups excluding carboxylic acids is 3. The second kappa shape index (κ2) is 7.67. The van der Waals surface area contributed by atoms with E-state index in [1.165, 1.54) is 14.0 Å². The van der Waals surface area contributed by atoms with E-state index in [1.54, 1.807) is 25.1 Å². The van der Waals surface area contributed by atoms with E-state index in [9.17, 15) is 14.4 Å². The van der Waals surface area contributed by atoms with Gasteiger partial charge in [-0.3, -0.25) is 15.0 Å². The van der Waals surface area contributed by atoms with Crippen molar-refractivity contribution in [1.82, 2.24) is 16.1 Å². The molecule has 0 aliphatic carbocycles. The van der Waals surface area contributed by atoms with Crippen molar-refractivity contribution in [3.63, 3.8) is 0 Å². The van der Waals surface area contributed by atoms with Crippen LogP contribution in [0.4, 0.5) is 4.79 Å². The number of nitrogens with one attached hydrogen (secondary N) is 3. The standard InChI is InChI=1S/C16H20N4O5/c1-8-14(9(2)21)15(19-16(23)18-8)10-4-5-11(12(6-10)24-3)25-7-13(22)20-17/h4-6,15H,7,17H2,1-3H3,(H,20,22)(H2,18,19,23). The molecule has 25 heavy (non-hydrogen) atoms. The molecule has 9 heteroatoms. The second-order valence-corrected chi connectivity index (χ2v) is 5.39. The molecule has 2 rings (SSSR count). The molecule has 0 bridgehead atoms. The van der Waals surface area contributed by atoms with E-state index in [-0.39, 0.29) is 12.4 Å². The molecular weight excluding hydrogens is 328 g/mol. The highest BCUT2D eigenvalue weighted by molar-refractivity contribution is 5.98. The summed E-state index contributed by atoms with van der Waals surface area (Å²) in [5.41, 5.74) is 3.56. The SMILES string of the molecule is COc1cc(C2NC(=O)NC(C)=C2C(C)=O)ccc1OCC(=O)NN. The third-order valence-corrected chi connectivity index (χ3v) is 3.69. The normalized spacial score (nSPS) is 16.6. The lowest BCUT2D eigenvalue weighted by molar-refractivity contribution is -0.123. The van der Waals surface area contributed by atoms with E-state index in [2.05, 4.69) is 10.6 Å². The number of hydrazine groups is 1. The Labute approximate surface area is 144 Å². The molecular formula is C16H20N4O5. The molecule has 9 nitrogen and oxygen atoms in total. The lowest BCUT2D eigenvalue weighted by Crippen LogP contribution is -2.44. The summed E-state index contributed by atoms with van der Waals surface area (Å²) in [6.07, 6.45) is 0. The van der Waals surface area contributed by atoms with Crippen LogP contribution in [0.2, 0.25) is 0 Å². The van der Waals surface area contributed by atoms with E-state index in [0.717, 1.165) is 0 Å². The Bertz CT molecular complexity index is 744. The van der Waals surface area contributed by atoms with Gasteiger partial charge in [-0.05, 0) is 31.5 Å². The molecule has 1 unspecified atom stereocenters. The molecule has 0 radical (unpaired) electrons. The molecule has 0 saturated carbocycles. The summed E-state index contributed by atoms with van der Waals surface area (Å²) in [5, 5.41) is 5.30. The van der Waals surface area contributed by atoms with E-state index in [4.69, 9.17) is 15.3 Å². The Morgan fingerprint density at radius 2 is 2.04 bits per heavy atom. The quantitative estimate of drug-likeness (QED) is 0.332. The smallest absolute Gasteiger partial charge is 0.319 e. The van der Waals surface area contributed by atoms with Gasteiger partial charge in [-0.2, -0.15) is 0 Å². The van der Waals surface area contributed by atoms with Crippen LogP contribution in [0.3, 0.4) is 0 Å². The minimum Gasteiger partial charge on any atom is -0.493 e. The number of ketones is 1. The molecule has 1 aromatic carbocycles. The van der Waals surface area contributed by atoms with Gasteiger partial charge in [0, 0.05) is 11.3 Å². The topological polar surface area (TPSA) is 132 Å². The van der Waals surface area contributed by atoms with E-state index in [1.807, 2.05) is 5.43 Å². The highest BCUT2D eigenvalue weighted by Gasteiger charge is 2.29. The highest BCUT2D eigenvalue weighted by Crippen LogP contribution is 2.34. The van der Waals surface area contributed by atoms with Crippen LogP contribution < -0.4 is 31.4 Å². The summed E-state index contributed by atoms with van der Waals surface area (Å²) in [4.78, 5) is 34.9. The number of Topliss-reactive ketones (excluding diaryl/α,β-unsaturated/α-hetero) is 1. The van der Waals surface area contributed by atoms with Gasteiger partial charge in [-0.15, -0.1) is 0 Å². The molecule has 1 aliphatic rings. The highest BCUT2D eigenvalue weighted by atomic mass is 16.5. The first-order valence-corrected chi connectivity index (χ1v) is 7.46. The van der Waals surface area contributed by atoms with Crippen LogP contribution in [0.5, 0.6) is 11.5 Å². The van der Waals surface area contributed by atoms with E-state index in [0.29, 0.717) is 28.3 Å². The molecule has 0 spiro atoms. The Hall–Kier alpha value is -3.07. The molecule has 0 saturated heterocycles. The average Bonchev–Trinajstić information content (AvgIpc) is 2.58. The maximum atomic E-state index is 12.0. The van der Waals surface area contributed by atoms with E-state index < -0.39 is 18.0 Å². The molecule has 1 heterocycles. The van der Waals surface area contributed by atoms with Crippen molar-refractivity contribution in [2.75, 3.05) is 13.7 Å². The average molecular weight is 348 g/mol. The number of allylic oxidation sites excluding steroid dienone is 1. The summed E-state index contributed by atoms with van der Waals surface area (Å²) in [6.45, 7) is 2.84. The lowest BCUT2D eigenvalue weighted by atomic mass is 9.93. The molecule has 1 atom stereocenters. The van der Waals surface area contributed by atoms with Crippen LogP contribution in [0.25, 0.3) is 0 Å². The number of benzene rings is 1. The fourth-order valence-corrected chi connectivity index (χ4v) is 2.58. The summed E-state index contributed by atoms with van der Waals surface area (Å²) in [5.74, 6) is 5.04. The lowest BCUT2D eigenvalue weighted by Gasteiger charge is -2.28. The van der Waals surface area contributed by atoms with Gasteiger partial charge in [0.2, 0.25) is 0 Å². The van der Waals surface area contributed by atoms with Gasteiger partial charge >= 0.3 is 6.03 Å². The van der Waals surface area contributed by atoms with Crippen LogP contribution >= 0.6 is 0 Å². The number of methoxy groups -OCH3 is 1. The fourth-order valence-electron chi connectivity index (χ4n) is 2.58. The van der Waals surface area contributed by atoms with Crippen LogP contribution in [0, 0.1) is 0 Å². The van der Waals surface area contributed by atoms with Gasteiger partial charge in [0.15, 0.2) is 23.9 Å². The minimum absolute atomic E-state index is 0.158. The Morgan fingerprint density at radius 3 is 2.64 bits per heavy atom. The molecule has 134 valence electrons. The van der Waals surface area contributed by atoms with Gasteiger partial charge in [-0.1, -0.05) is 6.07 Å². The molecule has 1 aromatic rings. The first kappa shape index (κ1) is 18.3. The van der Waals surface area contributed by atoms with Crippen LogP contribution in [-0.4, -0.2) is 31.4 Å². The van der Waals surface area contributed by atoms with Crippen LogP contribution in [0.1, 0.15) is 25.5 Å². The first-order valence-electron chi connectivity index (χ1n) is 7.46. The van der Waals surface area contributed by atoms with Gasteiger partial charge in [0.1, 0.15) is 0 Å². The maximum Gasteiger partial charge on any atom is 0.319 e. The largest absolute Gasteiger partial charge is 0.493 e. The molecule has 1 aliphatic heterocycles. The second-order valence-electron chi connectivity index (χ2n) is 5.39. The van der Waals surface area contributed by atoms with Crippen molar-refractivity contribution in [3.05, 3.63) is 35.0 Å². The number of rotatable bonds is 6. The fraction of sp³-hybridized carbons (Fsp3) is 0.312. The molecule has 0 aromatic heterocycles. The molecule has 5 N–H and O–H groups in total. The van der Waals surface area contributed by atoms with Crippen molar-refractivity contribution in [2.45, 2.75) is 19.9 Å². The zero-order chi connectivity index (χ0) is 18.6. The predicted octanol–water partition coefficient (Wildman–Crippen LogP) is 0.281.